The van der Waals surface area contributed by atoms with Crippen molar-refractivity contribution in [2.75, 3.05) is 138 Å². The van der Waals surface area contributed by atoms with E-state index in [1.54, 1.807) is 77.3 Å². The number of rotatable bonds is 28. The van der Waals surface area contributed by atoms with Gasteiger partial charge in [-0.2, -0.15) is 25.5 Å². The molecule has 0 spiro atoms. The van der Waals surface area contributed by atoms with Gasteiger partial charge in [0.05, 0.1) is 66.8 Å². The van der Waals surface area contributed by atoms with Gasteiger partial charge >= 0.3 is 6.09 Å². The summed E-state index contributed by atoms with van der Waals surface area (Å²) in [5, 5.41) is 29.0. The van der Waals surface area contributed by atoms with Crippen LogP contribution in [0.1, 0.15) is 164 Å². The first-order valence-corrected chi connectivity index (χ1v) is 51.4. The van der Waals surface area contributed by atoms with Gasteiger partial charge in [0.15, 0.2) is 31.5 Å². The molecule has 4 N–H and O–H groups in total. The molecule has 0 bridgehead atoms. The maximum absolute atomic E-state index is 13.1. The second-order valence-electron chi connectivity index (χ2n) is 35.8. The lowest BCUT2D eigenvalue weighted by molar-refractivity contribution is 0.0240. The number of aromatic nitrogens is 16. The number of aryl methyl sites for hydroxylation is 5. The summed E-state index contributed by atoms with van der Waals surface area (Å²) < 4.78 is 16.2. The predicted octanol–water partition coefficient (Wildman–Crippen LogP) is 19.2. The minimum absolute atomic E-state index is 0.208. The molecule has 4 aliphatic heterocycles. The van der Waals surface area contributed by atoms with Crippen molar-refractivity contribution in [3.05, 3.63) is 223 Å². The van der Waals surface area contributed by atoms with E-state index in [1.165, 1.54) is 70.0 Å². The number of thiazole rings is 3. The number of piperazine rings is 4. The van der Waals surface area contributed by atoms with Crippen molar-refractivity contribution in [1.82, 2.24) is 98.8 Å². The quantitative estimate of drug-likeness (QED) is 0.0262. The molecule has 1 amide bonds. The highest BCUT2D eigenvalue weighted by Crippen LogP contribution is 2.34. The summed E-state index contributed by atoms with van der Waals surface area (Å²) in [6, 6.07) is 29.0. The Morgan fingerprint density at radius 2 is 0.799 bits per heavy atom. The van der Waals surface area contributed by atoms with Gasteiger partial charge in [0.1, 0.15) is 5.60 Å². The lowest BCUT2D eigenvalue weighted by atomic mass is 9.89. The van der Waals surface area contributed by atoms with E-state index in [9.17, 15) is 19.2 Å². The van der Waals surface area contributed by atoms with E-state index >= 15 is 0 Å². The van der Waals surface area contributed by atoms with Gasteiger partial charge in [0.25, 0.3) is 0 Å². The van der Waals surface area contributed by atoms with Gasteiger partial charge in [0.2, 0.25) is 0 Å². The molecule has 720 valence electrons. The fourth-order valence-corrected chi connectivity index (χ4v) is 19.9. The fraction of sp³-hybridized carbons (Fsp3) is 0.480. The van der Waals surface area contributed by atoms with Gasteiger partial charge < -0.3 is 59.3 Å². The summed E-state index contributed by atoms with van der Waals surface area (Å²) in [5.41, 5.74) is 9.37. The van der Waals surface area contributed by atoms with Crippen molar-refractivity contribution in [2.24, 2.45) is 53.0 Å². The normalized spacial score (nSPS) is 14.8. The molecule has 4 fully saturated rings. The predicted molar refractivity (Wildman–Crippen MR) is 559 cm³/mol. The number of aromatic amines is 3. The van der Waals surface area contributed by atoms with Crippen molar-refractivity contribution in [3.63, 3.8) is 0 Å². The second kappa shape index (κ2) is 53.9. The molecule has 0 saturated carbocycles. The number of unbranched alkanes of at least 4 members (excludes halogenated alkanes) is 3. The Morgan fingerprint density at radius 1 is 0.433 bits per heavy atom. The Hall–Kier alpha value is -10.2. The van der Waals surface area contributed by atoms with Gasteiger partial charge in [-0.25, -0.2) is 19.7 Å². The average molecular weight is 2060 g/mol. The van der Waals surface area contributed by atoms with E-state index in [-0.39, 0.29) is 23.4 Å². The Morgan fingerprint density at radius 3 is 1.11 bits per heavy atom. The van der Waals surface area contributed by atoms with Crippen molar-refractivity contribution < 1.29 is 23.9 Å². The molecule has 18 rings (SSSR count). The monoisotopic (exact) mass is 2060 g/mol. The first kappa shape index (κ1) is 104. The molecule has 3 aromatic carbocycles. The maximum atomic E-state index is 13.1. The third kappa shape index (κ3) is 33.9. The first-order valence-electron chi connectivity index (χ1n) is 47.1. The number of anilines is 4. The van der Waals surface area contributed by atoms with Crippen LogP contribution in [0.15, 0.2) is 188 Å². The van der Waals surface area contributed by atoms with Gasteiger partial charge in [-0.15, -0.1) is 11.3 Å². The Bertz CT molecular complexity index is 5540. The van der Waals surface area contributed by atoms with E-state index in [0.29, 0.717) is 50.1 Å². The molecule has 29 nitrogen and oxygen atoms in total. The van der Waals surface area contributed by atoms with Crippen LogP contribution >= 0.6 is 72.5 Å². The lowest BCUT2D eigenvalue weighted by Crippen LogP contribution is -2.50. The zero-order valence-electron chi connectivity index (χ0n) is 80.4. The Labute approximate surface area is 824 Å². The van der Waals surface area contributed by atoms with Crippen LogP contribution in [0.4, 0.5) is 26.4 Å². The number of carbonyl (C=O) groups is 4. The summed E-state index contributed by atoms with van der Waals surface area (Å²) in [4.78, 5) is 92.0. The smallest absolute Gasteiger partial charge is 0.410 e. The van der Waals surface area contributed by atoms with Gasteiger partial charge in [-0.1, -0.05) is 137 Å². The summed E-state index contributed by atoms with van der Waals surface area (Å²) in [7, 11) is 13.8. The maximum Gasteiger partial charge on any atom is 0.410 e. The number of carbonyl (C=O) groups excluding carboxylic acids is 4. The van der Waals surface area contributed by atoms with Crippen LogP contribution < -0.4 is 24.9 Å². The van der Waals surface area contributed by atoms with Crippen LogP contribution in [-0.4, -0.2) is 241 Å². The van der Waals surface area contributed by atoms with Gasteiger partial charge in [-0.3, -0.25) is 37.8 Å². The molecule has 11 aromatic heterocycles. The fourth-order valence-electron chi connectivity index (χ4n) is 16.3. The van der Waals surface area contributed by atoms with Crippen LogP contribution in [0.25, 0.3) is 32.7 Å². The van der Waals surface area contributed by atoms with Gasteiger partial charge in [0, 0.05) is 254 Å². The van der Waals surface area contributed by atoms with E-state index in [2.05, 4.69) is 255 Å². The highest BCUT2D eigenvalue weighted by Gasteiger charge is 2.29. The summed E-state index contributed by atoms with van der Waals surface area (Å²) in [6.45, 7) is 27.7. The number of nitrogens with one attached hydrogen (secondary N) is 4. The second-order valence-corrected chi connectivity index (χ2v) is 41.4. The molecule has 4 saturated heterocycles. The minimum Gasteiger partial charge on any atom is -0.444 e. The third-order valence-electron chi connectivity index (χ3n) is 23.8. The molecule has 3 unspecified atom stereocenters. The molecule has 3 atom stereocenters. The number of amides is 1. The molecule has 4 aliphatic rings. The number of nitrogens with zero attached hydrogens (tertiary/aromatic N) is 20. The van der Waals surface area contributed by atoms with Crippen LogP contribution in [0.3, 0.4) is 0 Å². The standard InChI is InChI=1S/2C24H32N4OS.C19H21BrN2OS.C13H22N4O2.C8H14N4.C4H5IN2.2C4H6N2/c2*1-3-4-7-18(14-19-16-25-21-9-6-5-8-20(19)21)15-22(29)23-17-26-24(30-23)28-12-10-27(2)11-13-28;1-2-3-6-13(10-17(23)18-12-22-19(20)24-18)9-14-11-21-16-8-5-4-7-15(14)16;1-13(2,3)19-12(18)17-7-5-16(6-8-17)11-9-14-15(4)10-11;1-11-7-8(6-10-11)12-4-2-9-3-5-12;1-7-3-4(5)2-6-7;2*1-6-4-2-3-5-6/h2*5-6,8-9,16-18,25H,3-4,7,10-15H2,1-2H3;4-5,7-8,11-13,21H,2-3,6,9-10H2,1H3;9-10H,5-8H2,1-4H3;6-7,9H,2-5H2,1H3;2-3H,1H3;2*2-4H,1H3. The van der Waals surface area contributed by atoms with Crippen LogP contribution in [0.2, 0.25) is 0 Å². The van der Waals surface area contributed by atoms with Crippen molar-refractivity contribution in [1.29, 1.82) is 0 Å². The summed E-state index contributed by atoms with van der Waals surface area (Å²) >= 11 is 10.1. The first-order chi connectivity index (χ1) is 64.7. The summed E-state index contributed by atoms with van der Waals surface area (Å²) in [5.74, 6) is 1.80. The molecule has 34 heteroatoms. The number of Topliss-reactive ketones (excluding diaryl/α,β-unsaturated/α-hetero) is 3. The molecular formula is C100H138BrIN24O5S3. The van der Waals surface area contributed by atoms with E-state index in [1.807, 2.05) is 122 Å². The van der Waals surface area contributed by atoms with Gasteiger partial charge in [-0.05, 0) is 177 Å². The number of fused-ring (bicyclic) bond motifs is 3. The molecular weight excluding hydrogens is 1920 g/mol. The zero-order valence-corrected chi connectivity index (χ0v) is 86.6. The van der Waals surface area contributed by atoms with E-state index in [4.69, 9.17) is 4.74 Å². The number of hydrogen-bond donors (Lipinski definition) is 4. The Balaban J connectivity index is 0.000000156. The van der Waals surface area contributed by atoms with Crippen molar-refractivity contribution >= 4 is 150 Å². The molecule has 0 radical (unpaired) electrons. The third-order valence-corrected chi connectivity index (χ3v) is 28.1. The SMILES string of the molecule is CCCCC(CC(=O)c1cnc(Br)s1)Cc1c[nH]c2ccccc12.CCCCC(CC(=O)c1cnc(N2CCN(C)CC2)s1)Cc1c[nH]c2ccccc12.CCCCC(CC(=O)c1cnc(N2CCN(C)CC2)s1)Cc1c[nH]c2ccccc12.Cn1cc(I)cn1.Cn1cc(N2CCN(C(=O)OC(C)(C)C)CC2)cn1.Cn1cc(N2CCNCC2)cn1.Cn1cccn1.Cn1cccn1. The topological polar surface area (TPSA) is 287 Å². The average Bonchev–Trinajstić information content (AvgIpc) is 1.67. The number of ketones is 3. The van der Waals surface area contributed by atoms with E-state index < -0.39 is 5.60 Å². The molecule has 134 heavy (non-hydrogen) atoms. The van der Waals surface area contributed by atoms with Crippen molar-refractivity contribution in [3.8, 4) is 0 Å². The number of ether oxygens (including phenoxy) is 1. The van der Waals surface area contributed by atoms with Crippen LogP contribution in [0.5, 0.6) is 0 Å². The molecule has 15 heterocycles. The number of benzene rings is 3. The molecule has 0 aliphatic carbocycles. The number of halogens is 2. The van der Waals surface area contributed by atoms with E-state index in [0.717, 1.165) is 203 Å². The number of likely N-dealkylation sites (N-methyl/N-ethyl adjacent to an activating group) is 2. The summed E-state index contributed by atoms with van der Waals surface area (Å²) in [6.07, 6.45) is 45.1. The highest BCUT2D eigenvalue weighted by molar-refractivity contribution is 14.1. The Kier molecular flexibility index (Phi) is 42.0. The lowest BCUT2D eigenvalue weighted by Gasteiger charge is -2.36. The molecule has 14 aromatic rings. The highest BCUT2D eigenvalue weighted by atomic mass is 127. The van der Waals surface area contributed by atoms with Crippen LogP contribution in [-0.2, 0) is 59.2 Å². The minimum atomic E-state index is -0.433. The zero-order chi connectivity index (χ0) is 95.3. The number of hydrogen-bond acceptors (Lipinski definition) is 23. The van der Waals surface area contributed by atoms with Crippen LogP contribution in [0, 0.1) is 21.3 Å². The largest absolute Gasteiger partial charge is 0.444 e. The van der Waals surface area contributed by atoms with Crippen molar-refractivity contribution in [2.45, 2.75) is 143 Å². The number of para-hydroxylation sites is 3. The number of H-pyrrole nitrogens is 3.